The monoisotopic (exact) mass is 271 g/mol. The molecule has 0 fully saturated rings. The zero-order valence-corrected chi connectivity index (χ0v) is 10.6. The zero-order valence-electron chi connectivity index (χ0n) is 9.88. The van der Waals surface area contributed by atoms with E-state index in [-0.39, 0.29) is 0 Å². The number of fused-ring (bicyclic) bond motifs is 1. The van der Waals surface area contributed by atoms with Crippen LogP contribution in [0.2, 0.25) is 5.02 Å². The summed E-state index contributed by atoms with van der Waals surface area (Å²) >= 11 is 6.16. The van der Waals surface area contributed by atoms with Crippen molar-refractivity contribution < 1.29 is 4.74 Å². The van der Waals surface area contributed by atoms with E-state index in [1.807, 2.05) is 30.3 Å². The van der Waals surface area contributed by atoms with Crippen molar-refractivity contribution in [1.82, 2.24) is 9.97 Å². The number of rotatable bonds is 2. The Morgan fingerprint density at radius 3 is 2.58 bits per heavy atom. The molecule has 19 heavy (non-hydrogen) atoms. The fraction of sp³-hybridized carbons (Fsp3) is 0. The van der Waals surface area contributed by atoms with Gasteiger partial charge >= 0.3 is 0 Å². The fourth-order valence-electron chi connectivity index (χ4n) is 1.85. The Kier molecular flexibility index (Phi) is 2.93. The molecule has 0 amide bonds. The maximum absolute atomic E-state index is 6.16. The lowest BCUT2D eigenvalue weighted by molar-refractivity contribution is 0.467. The highest BCUT2D eigenvalue weighted by molar-refractivity contribution is 6.35. The van der Waals surface area contributed by atoms with E-state index in [0.717, 1.165) is 10.8 Å². The van der Waals surface area contributed by atoms with Crippen LogP contribution in [0.15, 0.2) is 48.8 Å². The number of halogens is 1. The Balaban J connectivity index is 2.09. The van der Waals surface area contributed by atoms with Gasteiger partial charge in [0.05, 0.1) is 0 Å². The van der Waals surface area contributed by atoms with Crippen LogP contribution in [0.4, 0.5) is 5.82 Å². The van der Waals surface area contributed by atoms with Crippen LogP contribution in [0.5, 0.6) is 11.6 Å². The number of benzene rings is 2. The van der Waals surface area contributed by atoms with Crippen molar-refractivity contribution in [3.8, 4) is 11.6 Å². The maximum Gasteiger partial charge on any atom is 0.224 e. The van der Waals surface area contributed by atoms with Crippen molar-refractivity contribution in [2.24, 2.45) is 0 Å². The lowest BCUT2D eigenvalue weighted by atomic mass is 10.1. The van der Waals surface area contributed by atoms with Crippen molar-refractivity contribution in [3.63, 3.8) is 0 Å². The van der Waals surface area contributed by atoms with E-state index in [2.05, 4.69) is 9.97 Å². The Morgan fingerprint density at radius 2 is 1.79 bits per heavy atom. The average Bonchev–Trinajstić information content (AvgIpc) is 2.42. The predicted molar refractivity (Wildman–Crippen MR) is 75.5 cm³/mol. The minimum atomic E-state index is 0.364. The molecule has 0 spiro atoms. The van der Waals surface area contributed by atoms with Crippen LogP contribution in [0, 0.1) is 0 Å². The van der Waals surface area contributed by atoms with Crippen LogP contribution >= 0.6 is 11.6 Å². The summed E-state index contributed by atoms with van der Waals surface area (Å²) < 4.78 is 5.74. The van der Waals surface area contributed by atoms with Gasteiger partial charge in [-0.05, 0) is 12.1 Å². The Morgan fingerprint density at radius 1 is 1.00 bits per heavy atom. The largest absolute Gasteiger partial charge is 0.438 e. The van der Waals surface area contributed by atoms with Crippen LogP contribution in [-0.2, 0) is 0 Å². The molecule has 4 nitrogen and oxygen atoms in total. The van der Waals surface area contributed by atoms with Gasteiger partial charge in [-0.2, -0.15) is 0 Å². The molecule has 1 heterocycles. The highest BCUT2D eigenvalue weighted by Crippen LogP contribution is 2.33. The molecule has 0 aliphatic heterocycles. The zero-order chi connectivity index (χ0) is 13.2. The van der Waals surface area contributed by atoms with Gasteiger partial charge in [0.1, 0.15) is 17.9 Å². The molecule has 0 aliphatic carbocycles. The Hall–Kier alpha value is -2.33. The summed E-state index contributed by atoms with van der Waals surface area (Å²) in [5.41, 5.74) is 5.60. The minimum Gasteiger partial charge on any atom is -0.438 e. The van der Waals surface area contributed by atoms with Gasteiger partial charge in [-0.1, -0.05) is 35.9 Å². The SMILES string of the molecule is Nc1cc(Oc2ccc(Cl)c3ccccc23)ncn1. The van der Waals surface area contributed by atoms with Gasteiger partial charge in [0.2, 0.25) is 5.88 Å². The van der Waals surface area contributed by atoms with E-state index in [0.29, 0.717) is 22.5 Å². The molecule has 0 radical (unpaired) electrons. The fourth-order valence-corrected chi connectivity index (χ4v) is 2.07. The highest BCUT2D eigenvalue weighted by atomic mass is 35.5. The first-order valence-electron chi connectivity index (χ1n) is 5.66. The van der Waals surface area contributed by atoms with Gasteiger partial charge in [-0.3, -0.25) is 0 Å². The number of hydrogen-bond donors (Lipinski definition) is 1. The topological polar surface area (TPSA) is 61.0 Å². The molecule has 0 atom stereocenters. The second-order valence-corrected chi connectivity index (χ2v) is 4.38. The standard InChI is InChI=1S/C14H10ClN3O/c15-11-5-6-12(10-4-2-1-3-9(10)11)19-14-7-13(16)17-8-18-14/h1-8H,(H2,16,17,18). The van der Waals surface area contributed by atoms with Crippen LogP contribution in [-0.4, -0.2) is 9.97 Å². The van der Waals surface area contributed by atoms with Crippen LogP contribution in [0.3, 0.4) is 0 Å². The van der Waals surface area contributed by atoms with Crippen molar-refractivity contribution >= 4 is 28.2 Å². The molecule has 2 aromatic carbocycles. The maximum atomic E-state index is 6.16. The van der Waals surface area contributed by atoms with E-state index in [4.69, 9.17) is 22.1 Å². The summed E-state index contributed by atoms with van der Waals surface area (Å²) in [4.78, 5) is 7.84. The Bertz CT molecular complexity index is 746. The van der Waals surface area contributed by atoms with Gasteiger partial charge in [-0.25, -0.2) is 9.97 Å². The van der Waals surface area contributed by atoms with Crippen molar-refractivity contribution in [2.75, 3.05) is 5.73 Å². The van der Waals surface area contributed by atoms with Crippen molar-refractivity contribution in [1.29, 1.82) is 0 Å². The average molecular weight is 272 g/mol. The molecular formula is C14H10ClN3O. The number of nitrogen functional groups attached to an aromatic ring is 1. The third-order valence-corrected chi connectivity index (χ3v) is 3.04. The Labute approximate surface area is 114 Å². The van der Waals surface area contributed by atoms with E-state index in [9.17, 15) is 0 Å². The smallest absolute Gasteiger partial charge is 0.224 e. The summed E-state index contributed by atoms with van der Waals surface area (Å²) in [5, 5.41) is 2.54. The third-order valence-electron chi connectivity index (χ3n) is 2.71. The van der Waals surface area contributed by atoms with E-state index in [1.54, 1.807) is 12.1 Å². The molecule has 2 N–H and O–H groups in total. The number of nitrogens with two attached hydrogens (primary N) is 1. The summed E-state index contributed by atoms with van der Waals surface area (Å²) in [6.07, 6.45) is 1.36. The molecule has 5 heteroatoms. The van der Waals surface area contributed by atoms with Gasteiger partial charge < -0.3 is 10.5 Å². The number of anilines is 1. The molecule has 3 aromatic rings. The molecule has 0 saturated carbocycles. The second kappa shape index (κ2) is 4.74. The van der Waals surface area contributed by atoms with Crippen molar-refractivity contribution in [3.05, 3.63) is 53.8 Å². The minimum absolute atomic E-state index is 0.364. The van der Waals surface area contributed by atoms with E-state index < -0.39 is 0 Å². The number of aromatic nitrogens is 2. The van der Waals surface area contributed by atoms with Crippen LogP contribution in [0.1, 0.15) is 0 Å². The lowest BCUT2D eigenvalue weighted by Gasteiger charge is -2.09. The lowest BCUT2D eigenvalue weighted by Crippen LogP contribution is -1.94. The first-order valence-corrected chi connectivity index (χ1v) is 6.04. The number of nitrogens with zero attached hydrogens (tertiary/aromatic N) is 2. The van der Waals surface area contributed by atoms with E-state index in [1.165, 1.54) is 6.33 Å². The summed E-state index contributed by atoms with van der Waals surface area (Å²) in [6.45, 7) is 0. The molecular weight excluding hydrogens is 262 g/mol. The molecule has 0 aliphatic rings. The summed E-state index contributed by atoms with van der Waals surface area (Å²) in [7, 11) is 0. The summed E-state index contributed by atoms with van der Waals surface area (Å²) in [5.74, 6) is 1.45. The molecule has 0 saturated heterocycles. The van der Waals surface area contributed by atoms with Gasteiger partial charge in [0, 0.05) is 21.9 Å². The van der Waals surface area contributed by atoms with Gasteiger partial charge in [0.25, 0.3) is 0 Å². The van der Waals surface area contributed by atoms with E-state index >= 15 is 0 Å². The summed E-state index contributed by atoms with van der Waals surface area (Å²) in [6, 6.07) is 12.9. The molecule has 0 bridgehead atoms. The molecule has 3 rings (SSSR count). The molecule has 94 valence electrons. The number of hydrogen-bond acceptors (Lipinski definition) is 4. The van der Waals surface area contributed by atoms with Crippen LogP contribution in [0.25, 0.3) is 10.8 Å². The highest BCUT2D eigenvalue weighted by Gasteiger charge is 2.07. The van der Waals surface area contributed by atoms with Crippen molar-refractivity contribution in [2.45, 2.75) is 0 Å². The quantitative estimate of drug-likeness (QED) is 0.773. The first-order chi connectivity index (χ1) is 9.24. The van der Waals surface area contributed by atoms with Gasteiger partial charge in [0.15, 0.2) is 0 Å². The predicted octanol–water partition coefficient (Wildman–Crippen LogP) is 3.66. The van der Waals surface area contributed by atoms with Crippen LogP contribution < -0.4 is 10.5 Å². The number of ether oxygens (including phenoxy) is 1. The first kappa shape index (κ1) is 11.7. The molecule has 0 unspecified atom stereocenters. The second-order valence-electron chi connectivity index (χ2n) is 3.97. The molecule has 1 aromatic heterocycles. The third kappa shape index (κ3) is 2.30. The van der Waals surface area contributed by atoms with Gasteiger partial charge in [-0.15, -0.1) is 0 Å². The normalized spacial score (nSPS) is 10.6.